The average molecular weight is 335 g/mol. The number of nitrogens with zero attached hydrogens (tertiary/aromatic N) is 4. The van der Waals surface area contributed by atoms with Crippen molar-refractivity contribution in [3.05, 3.63) is 29.5 Å². The number of carbonyl (C=O) groups is 1. The van der Waals surface area contributed by atoms with Crippen LogP contribution in [0.25, 0.3) is 0 Å². The molecule has 3 rings (SSSR count). The number of nitrogens with one attached hydrogen (secondary N) is 1. The minimum Gasteiger partial charge on any atom is -0.465 e. The molecule has 1 saturated carbocycles. The molecule has 0 saturated heterocycles. The SMILES string of the molecule is Cc1ccc(CNC(=O)CSCc2nnnn2C2CCCC2)o1. The average Bonchev–Trinajstić information content (AvgIpc) is 3.26. The minimum atomic E-state index is -0.0102. The molecule has 7 nitrogen and oxygen atoms in total. The molecular weight excluding hydrogens is 314 g/mol. The van der Waals surface area contributed by atoms with Crippen LogP contribution in [0.1, 0.15) is 49.1 Å². The van der Waals surface area contributed by atoms with Gasteiger partial charge in [-0.3, -0.25) is 4.79 Å². The monoisotopic (exact) mass is 335 g/mol. The van der Waals surface area contributed by atoms with E-state index in [1.807, 2.05) is 23.7 Å². The summed E-state index contributed by atoms with van der Waals surface area (Å²) in [5.41, 5.74) is 0. The number of tetrazole rings is 1. The first-order valence-corrected chi connectivity index (χ1v) is 9.04. The van der Waals surface area contributed by atoms with Crippen molar-refractivity contribution >= 4 is 17.7 Å². The van der Waals surface area contributed by atoms with Crippen molar-refractivity contribution in [2.24, 2.45) is 0 Å². The van der Waals surface area contributed by atoms with Crippen LogP contribution in [0.4, 0.5) is 0 Å². The number of furan rings is 1. The van der Waals surface area contributed by atoms with E-state index in [1.165, 1.54) is 24.6 Å². The van der Waals surface area contributed by atoms with E-state index in [-0.39, 0.29) is 5.91 Å². The molecule has 0 aliphatic heterocycles. The summed E-state index contributed by atoms with van der Waals surface area (Å²) in [5.74, 6) is 3.50. The van der Waals surface area contributed by atoms with Crippen LogP contribution < -0.4 is 5.32 Å². The molecule has 0 unspecified atom stereocenters. The highest BCUT2D eigenvalue weighted by molar-refractivity contribution is 7.99. The summed E-state index contributed by atoms with van der Waals surface area (Å²) in [6, 6.07) is 4.19. The zero-order valence-corrected chi connectivity index (χ0v) is 14.0. The van der Waals surface area contributed by atoms with Gasteiger partial charge in [-0.1, -0.05) is 12.8 Å². The van der Waals surface area contributed by atoms with Crippen molar-refractivity contribution in [1.29, 1.82) is 0 Å². The Morgan fingerprint density at radius 1 is 1.43 bits per heavy atom. The van der Waals surface area contributed by atoms with Gasteiger partial charge in [0.2, 0.25) is 5.91 Å². The van der Waals surface area contributed by atoms with Crippen molar-refractivity contribution in [1.82, 2.24) is 25.5 Å². The lowest BCUT2D eigenvalue weighted by atomic mass is 10.2. The number of rotatable bonds is 7. The van der Waals surface area contributed by atoms with E-state index in [4.69, 9.17) is 4.42 Å². The highest BCUT2D eigenvalue weighted by atomic mass is 32.2. The quantitative estimate of drug-likeness (QED) is 0.835. The van der Waals surface area contributed by atoms with Gasteiger partial charge in [0.1, 0.15) is 11.5 Å². The first-order chi connectivity index (χ1) is 11.2. The summed E-state index contributed by atoms with van der Waals surface area (Å²) in [4.78, 5) is 11.9. The molecule has 1 aliphatic rings. The Morgan fingerprint density at radius 2 is 2.26 bits per heavy atom. The standard InChI is InChI=1S/C15H21N5O2S/c1-11-6-7-13(22-11)8-16-15(21)10-23-9-14-17-18-19-20(14)12-4-2-3-5-12/h6-7,12H,2-5,8-10H2,1H3,(H,16,21). The molecule has 1 aliphatic carbocycles. The predicted molar refractivity (Wildman–Crippen MR) is 86.8 cm³/mol. The Balaban J connectivity index is 1.41. The summed E-state index contributed by atoms with van der Waals surface area (Å²) >= 11 is 1.53. The van der Waals surface area contributed by atoms with E-state index in [2.05, 4.69) is 20.8 Å². The fourth-order valence-electron chi connectivity index (χ4n) is 2.79. The van der Waals surface area contributed by atoms with Crippen molar-refractivity contribution in [2.45, 2.75) is 50.9 Å². The second-order valence-corrected chi connectivity index (χ2v) is 6.75. The number of hydrogen-bond acceptors (Lipinski definition) is 6. The van der Waals surface area contributed by atoms with Crippen molar-refractivity contribution in [2.75, 3.05) is 5.75 Å². The molecule has 0 aromatic carbocycles. The lowest BCUT2D eigenvalue weighted by Gasteiger charge is -2.10. The van der Waals surface area contributed by atoms with E-state index in [0.29, 0.717) is 24.1 Å². The third kappa shape index (κ3) is 4.34. The molecule has 0 radical (unpaired) electrons. The van der Waals surface area contributed by atoms with E-state index in [9.17, 15) is 4.79 Å². The van der Waals surface area contributed by atoms with Gasteiger partial charge in [-0.05, 0) is 42.3 Å². The molecule has 1 N–H and O–H groups in total. The van der Waals surface area contributed by atoms with E-state index < -0.39 is 0 Å². The molecule has 0 bridgehead atoms. The van der Waals surface area contributed by atoms with E-state index >= 15 is 0 Å². The molecule has 8 heteroatoms. The van der Waals surface area contributed by atoms with Crippen LogP contribution in [-0.4, -0.2) is 31.9 Å². The summed E-state index contributed by atoms with van der Waals surface area (Å²) in [6.45, 7) is 2.31. The van der Waals surface area contributed by atoms with Gasteiger partial charge < -0.3 is 9.73 Å². The molecule has 2 aromatic heterocycles. The molecule has 23 heavy (non-hydrogen) atoms. The van der Waals surface area contributed by atoms with Crippen LogP contribution >= 0.6 is 11.8 Å². The first-order valence-electron chi connectivity index (χ1n) is 7.89. The maximum absolute atomic E-state index is 11.9. The van der Waals surface area contributed by atoms with Gasteiger partial charge in [-0.15, -0.1) is 16.9 Å². The second-order valence-electron chi connectivity index (χ2n) is 5.76. The summed E-state index contributed by atoms with van der Waals surface area (Å²) in [6.07, 6.45) is 4.77. The number of hydrogen-bond donors (Lipinski definition) is 1. The smallest absolute Gasteiger partial charge is 0.230 e. The van der Waals surface area contributed by atoms with Crippen molar-refractivity contribution < 1.29 is 9.21 Å². The first kappa shape index (κ1) is 16.0. The van der Waals surface area contributed by atoms with Crippen LogP contribution in [0, 0.1) is 6.92 Å². The topological polar surface area (TPSA) is 85.8 Å². The van der Waals surface area contributed by atoms with Crippen LogP contribution in [-0.2, 0) is 17.1 Å². The minimum absolute atomic E-state index is 0.0102. The number of amides is 1. The summed E-state index contributed by atoms with van der Waals surface area (Å²) in [7, 11) is 0. The van der Waals surface area contributed by atoms with Gasteiger partial charge in [-0.25, -0.2) is 4.68 Å². The molecule has 124 valence electrons. The lowest BCUT2D eigenvalue weighted by molar-refractivity contribution is -0.118. The van der Waals surface area contributed by atoms with Crippen LogP contribution in [0.2, 0.25) is 0 Å². The molecule has 1 amide bonds. The van der Waals surface area contributed by atoms with Crippen LogP contribution in [0.3, 0.4) is 0 Å². The molecular formula is C15H21N5O2S. The molecule has 2 heterocycles. The highest BCUT2D eigenvalue weighted by Crippen LogP contribution is 2.29. The van der Waals surface area contributed by atoms with E-state index in [0.717, 1.165) is 30.2 Å². The third-order valence-electron chi connectivity index (χ3n) is 3.95. The predicted octanol–water partition coefficient (Wildman–Crippen LogP) is 2.24. The van der Waals surface area contributed by atoms with Gasteiger partial charge >= 0.3 is 0 Å². The summed E-state index contributed by atoms with van der Waals surface area (Å²) in [5, 5.41) is 14.8. The summed E-state index contributed by atoms with van der Waals surface area (Å²) < 4.78 is 7.35. The molecule has 2 aromatic rings. The Hall–Kier alpha value is -1.83. The Kier molecular flexibility index (Phi) is 5.32. The van der Waals surface area contributed by atoms with Crippen LogP contribution in [0.5, 0.6) is 0 Å². The second kappa shape index (κ2) is 7.63. The highest BCUT2D eigenvalue weighted by Gasteiger charge is 2.21. The number of carbonyl (C=O) groups excluding carboxylic acids is 1. The number of aromatic nitrogens is 4. The van der Waals surface area contributed by atoms with Gasteiger partial charge in [0.15, 0.2) is 5.82 Å². The van der Waals surface area contributed by atoms with Gasteiger partial charge in [0.25, 0.3) is 0 Å². The fraction of sp³-hybridized carbons (Fsp3) is 0.600. The fourth-order valence-corrected chi connectivity index (χ4v) is 3.55. The number of thioether (sulfide) groups is 1. The van der Waals surface area contributed by atoms with Gasteiger partial charge in [0.05, 0.1) is 24.1 Å². The molecule has 0 spiro atoms. The Bertz CT molecular complexity index is 648. The molecule has 0 atom stereocenters. The number of aryl methyl sites for hydroxylation is 1. The largest absolute Gasteiger partial charge is 0.465 e. The van der Waals surface area contributed by atoms with Crippen LogP contribution in [0.15, 0.2) is 16.5 Å². The lowest BCUT2D eigenvalue weighted by Crippen LogP contribution is -2.24. The Morgan fingerprint density at radius 3 is 3.00 bits per heavy atom. The maximum Gasteiger partial charge on any atom is 0.230 e. The molecule has 1 fully saturated rings. The zero-order chi connectivity index (χ0) is 16.1. The van der Waals surface area contributed by atoms with Gasteiger partial charge in [0, 0.05) is 0 Å². The maximum atomic E-state index is 11.9. The van der Waals surface area contributed by atoms with Crippen molar-refractivity contribution in [3.63, 3.8) is 0 Å². The Labute approximate surface area is 139 Å². The normalized spacial score (nSPS) is 15.2. The van der Waals surface area contributed by atoms with Gasteiger partial charge in [-0.2, -0.15) is 0 Å². The zero-order valence-electron chi connectivity index (χ0n) is 13.2. The van der Waals surface area contributed by atoms with Crippen molar-refractivity contribution in [3.8, 4) is 0 Å². The van der Waals surface area contributed by atoms with E-state index in [1.54, 1.807) is 0 Å². The third-order valence-corrected chi connectivity index (χ3v) is 4.88.